The van der Waals surface area contributed by atoms with Crippen molar-refractivity contribution in [3.8, 4) is 18.1 Å². The fraction of sp³-hybridized carbons (Fsp3) is 0.250. The lowest BCUT2D eigenvalue weighted by molar-refractivity contribution is 0.0809. The van der Waals surface area contributed by atoms with Crippen LogP contribution in [0.5, 0.6) is 5.75 Å². The van der Waals surface area contributed by atoms with Gasteiger partial charge in [-0.2, -0.15) is 0 Å². The Balaban J connectivity index is 3.01. The number of terminal acetylenes is 1. The summed E-state index contributed by atoms with van der Waals surface area (Å²) >= 11 is 0. The van der Waals surface area contributed by atoms with Crippen LogP contribution in [0.15, 0.2) is 18.2 Å². The van der Waals surface area contributed by atoms with Crippen molar-refractivity contribution in [1.82, 2.24) is 4.90 Å². The topological polar surface area (TPSA) is 40.5 Å². The van der Waals surface area contributed by atoms with Gasteiger partial charge in [-0.1, -0.05) is 17.6 Å². The van der Waals surface area contributed by atoms with Crippen LogP contribution in [0.25, 0.3) is 0 Å². The zero-order chi connectivity index (χ0) is 11.4. The van der Waals surface area contributed by atoms with Crippen molar-refractivity contribution in [2.24, 2.45) is 0 Å². The molecule has 0 radical (unpaired) electrons. The first-order valence-corrected chi connectivity index (χ1v) is 4.55. The van der Waals surface area contributed by atoms with Crippen molar-refractivity contribution >= 4 is 5.91 Å². The number of amides is 1. The van der Waals surface area contributed by atoms with Gasteiger partial charge in [-0.05, 0) is 19.1 Å². The average molecular weight is 203 g/mol. The highest BCUT2D eigenvalue weighted by molar-refractivity contribution is 5.97. The molecular weight excluding hydrogens is 190 g/mol. The Morgan fingerprint density at radius 1 is 1.60 bits per heavy atom. The molecule has 0 atom stereocenters. The van der Waals surface area contributed by atoms with Gasteiger partial charge >= 0.3 is 0 Å². The SMILES string of the molecule is C#CCN(C)C(=O)c1cc(C)ccc1O. The van der Waals surface area contributed by atoms with Crippen molar-refractivity contribution in [3.63, 3.8) is 0 Å². The van der Waals surface area contributed by atoms with Gasteiger partial charge in [0, 0.05) is 7.05 Å². The highest BCUT2D eigenvalue weighted by Crippen LogP contribution is 2.19. The van der Waals surface area contributed by atoms with Gasteiger partial charge in [-0.15, -0.1) is 6.42 Å². The monoisotopic (exact) mass is 203 g/mol. The molecule has 0 saturated carbocycles. The number of benzene rings is 1. The average Bonchev–Trinajstić information content (AvgIpc) is 2.21. The molecule has 3 nitrogen and oxygen atoms in total. The van der Waals surface area contributed by atoms with E-state index in [-0.39, 0.29) is 23.8 Å². The van der Waals surface area contributed by atoms with Crippen molar-refractivity contribution in [2.45, 2.75) is 6.92 Å². The Morgan fingerprint density at radius 2 is 2.27 bits per heavy atom. The van der Waals surface area contributed by atoms with Crippen LogP contribution in [-0.4, -0.2) is 29.5 Å². The Kier molecular flexibility index (Phi) is 3.35. The lowest BCUT2D eigenvalue weighted by Gasteiger charge is -2.14. The van der Waals surface area contributed by atoms with E-state index in [0.29, 0.717) is 0 Å². The molecule has 0 fully saturated rings. The van der Waals surface area contributed by atoms with Crippen molar-refractivity contribution in [1.29, 1.82) is 0 Å². The number of aromatic hydroxyl groups is 1. The molecule has 15 heavy (non-hydrogen) atoms. The van der Waals surface area contributed by atoms with Crippen LogP contribution in [0.2, 0.25) is 0 Å². The Hall–Kier alpha value is -1.95. The highest BCUT2D eigenvalue weighted by Gasteiger charge is 2.14. The lowest BCUT2D eigenvalue weighted by Crippen LogP contribution is -2.27. The van der Waals surface area contributed by atoms with Gasteiger partial charge in [0.15, 0.2) is 0 Å². The molecule has 78 valence electrons. The third kappa shape index (κ3) is 2.50. The van der Waals surface area contributed by atoms with E-state index in [9.17, 15) is 9.90 Å². The van der Waals surface area contributed by atoms with Crippen molar-refractivity contribution in [2.75, 3.05) is 13.6 Å². The lowest BCUT2D eigenvalue weighted by atomic mass is 10.1. The number of nitrogens with zero attached hydrogens (tertiary/aromatic N) is 1. The van der Waals surface area contributed by atoms with Crippen LogP contribution in [-0.2, 0) is 0 Å². The van der Waals surface area contributed by atoms with Crippen molar-refractivity contribution in [3.05, 3.63) is 29.3 Å². The minimum Gasteiger partial charge on any atom is -0.507 e. The van der Waals surface area contributed by atoms with E-state index in [4.69, 9.17) is 6.42 Å². The van der Waals surface area contributed by atoms with Gasteiger partial charge < -0.3 is 10.0 Å². The second kappa shape index (κ2) is 4.52. The quantitative estimate of drug-likeness (QED) is 0.738. The maximum absolute atomic E-state index is 11.8. The number of hydrogen-bond donors (Lipinski definition) is 1. The maximum atomic E-state index is 11.8. The smallest absolute Gasteiger partial charge is 0.258 e. The molecule has 0 spiro atoms. The van der Waals surface area contributed by atoms with Gasteiger partial charge in [0.2, 0.25) is 0 Å². The van der Waals surface area contributed by atoms with E-state index in [1.54, 1.807) is 19.2 Å². The minimum absolute atomic E-state index is 0.0190. The summed E-state index contributed by atoms with van der Waals surface area (Å²) in [5, 5.41) is 9.52. The van der Waals surface area contributed by atoms with Crippen LogP contribution in [0, 0.1) is 19.3 Å². The molecule has 0 aliphatic carbocycles. The standard InChI is InChI=1S/C12H13NO2/c1-4-7-13(3)12(15)10-8-9(2)5-6-11(10)14/h1,5-6,8,14H,7H2,2-3H3. The maximum Gasteiger partial charge on any atom is 0.258 e. The molecule has 1 aromatic rings. The van der Waals surface area contributed by atoms with Crippen LogP contribution in [0.4, 0.5) is 0 Å². The second-order valence-electron chi connectivity index (χ2n) is 3.39. The van der Waals surface area contributed by atoms with Crippen molar-refractivity contribution < 1.29 is 9.90 Å². The number of hydrogen-bond acceptors (Lipinski definition) is 2. The zero-order valence-electron chi connectivity index (χ0n) is 8.82. The van der Waals surface area contributed by atoms with Crippen LogP contribution in [0.3, 0.4) is 0 Å². The first-order chi connectivity index (χ1) is 7.06. The van der Waals surface area contributed by atoms with E-state index in [1.165, 1.54) is 11.0 Å². The predicted molar refractivity (Wildman–Crippen MR) is 58.6 cm³/mol. The summed E-state index contributed by atoms with van der Waals surface area (Å²) < 4.78 is 0. The molecule has 0 heterocycles. The van der Waals surface area contributed by atoms with Gasteiger partial charge in [-0.3, -0.25) is 4.79 Å². The number of phenolic OH excluding ortho intramolecular Hbond substituents is 1. The molecule has 0 aliphatic rings. The number of phenols is 1. The number of carbonyl (C=O) groups is 1. The second-order valence-corrected chi connectivity index (χ2v) is 3.39. The molecule has 0 bridgehead atoms. The molecule has 1 rings (SSSR count). The number of carbonyl (C=O) groups excluding carboxylic acids is 1. The summed E-state index contributed by atoms with van der Waals surface area (Å²) in [5.74, 6) is 2.09. The van der Waals surface area contributed by atoms with Crippen LogP contribution >= 0.6 is 0 Å². The number of aryl methyl sites for hydroxylation is 1. The molecule has 0 aromatic heterocycles. The Morgan fingerprint density at radius 3 is 2.87 bits per heavy atom. The number of rotatable bonds is 2. The summed E-state index contributed by atoms with van der Waals surface area (Å²) in [4.78, 5) is 13.2. The highest BCUT2D eigenvalue weighted by atomic mass is 16.3. The Bertz CT molecular complexity index is 418. The van der Waals surface area contributed by atoms with E-state index in [2.05, 4.69) is 5.92 Å². The summed E-state index contributed by atoms with van der Waals surface area (Å²) in [6.07, 6.45) is 5.11. The molecule has 1 amide bonds. The van der Waals surface area contributed by atoms with Crippen LogP contribution in [0.1, 0.15) is 15.9 Å². The molecule has 0 saturated heterocycles. The summed E-state index contributed by atoms with van der Waals surface area (Å²) in [6, 6.07) is 4.89. The first kappa shape index (κ1) is 11.1. The molecule has 1 aromatic carbocycles. The minimum atomic E-state index is -0.269. The van der Waals surface area contributed by atoms with Gasteiger partial charge in [0.05, 0.1) is 12.1 Å². The Labute approximate surface area is 89.3 Å². The largest absolute Gasteiger partial charge is 0.507 e. The zero-order valence-corrected chi connectivity index (χ0v) is 8.82. The normalized spacial score (nSPS) is 9.40. The molecule has 3 heteroatoms. The van der Waals surface area contributed by atoms with E-state index >= 15 is 0 Å². The van der Waals surface area contributed by atoms with E-state index in [0.717, 1.165) is 5.56 Å². The third-order valence-electron chi connectivity index (χ3n) is 2.06. The summed E-state index contributed by atoms with van der Waals surface area (Å²) in [5.41, 5.74) is 1.21. The van der Waals surface area contributed by atoms with Crippen LogP contribution < -0.4 is 0 Å². The molecule has 0 unspecified atom stereocenters. The summed E-state index contributed by atoms with van der Waals surface area (Å²) in [6.45, 7) is 2.09. The van der Waals surface area contributed by atoms with E-state index in [1.807, 2.05) is 6.92 Å². The summed E-state index contributed by atoms with van der Waals surface area (Å²) in [7, 11) is 1.60. The fourth-order valence-corrected chi connectivity index (χ4v) is 1.24. The third-order valence-corrected chi connectivity index (χ3v) is 2.06. The fourth-order valence-electron chi connectivity index (χ4n) is 1.24. The van der Waals surface area contributed by atoms with Gasteiger partial charge in [0.25, 0.3) is 5.91 Å². The molecule has 1 N–H and O–H groups in total. The van der Waals surface area contributed by atoms with Gasteiger partial charge in [-0.25, -0.2) is 0 Å². The predicted octanol–water partition coefficient (Wildman–Crippen LogP) is 1.41. The molecular formula is C12H13NO2. The molecule has 0 aliphatic heterocycles. The van der Waals surface area contributed by atoms with Gasteiger partial charge in [0.1, 0.15) is 5.75 Å². The first-order valence-electron chi connectivity index (χ1n) is 4.55. The van der Waals surface area contributed by atoms with E-state index < -0.39 is 0 Å².